The molecule has 3 aliphatic rings. The second-order valence-electron chi connectivity index (χ2n) is 6.33. The number of amides is 1. The van der Waals surface area contributed by atoms with Crippen LogP contribution in [-0.4, -0.2) is 75.2 Å². The topological polar surface area (TPSA) is 44.8 Å². The third-order valence-electron chi connectivity index (χ3n) is 4.73. The number of carbonyl (C=O) groups excluding carboxylic acids is 1. The minimum Gasteiger partial charge on any atom is -0.375 e. The Labute approximate surface area is 128 Å². The van der Waals surface area contributed by atoms with Crippen LogP contribution in [0.1, 0.15) is 12.8 Å². The minimum absolute atomic E-state index is 0.0227. The van der Waals surface area contributed by atoms with Crippen LogP contribution in [0.2, 0.25) is 0 Å². The molecule has 21 heavy (non-hydrogen) atoms. The zero-order chi connectivity index (χ0) is 15.2. The van der Waals surface area contributed by atoms with E-state index in [1.807, 2.05) is 0 Å². The molecule has 3 heterocycles. The molecule has 3 rings (SSSR count). The molecule has 1 N–H and O–H groups in total. The van der Waals surface area contributed by atoms with E-state index in [9.17, 15) is 4.79 Å². The number of nitrogens with zero attached hydrogens (tertiary/aromatic N) is 2. The summed E-state index contributed by atoms with van der Waals surface area (Å²) in [6, 6.07) is 0.485. The molecule has 3 fully saturated rings. The van der Waals surface area contributed by atoms with E-state index >= 15 is 0 Å². The average molecular weight is 293 g/mol. The fraction of sp³-hybridized carbons (Fsp3) is 0.812. The maximum atomic E-state index is 11.5. The zero-order valence-electron chi connectivity index (χ0n) is 13.2. The van der Waals surface area contributed by atoms with Crippen molar-refractivity contribution in [2.45, 2.75) is 18.9 Å². The van der Waals surface area contributed by atoms with Crippen molar-refractivity contribution in [2.24, 2.45) is 11.8 Å². The van der Waals surface area contributed by atoms with E-state index in [1.165, 1.54) is 12.8 Å². The van der Waals surface area contributed by atoms with Gasteiger partial charge in [-0.05, 0) is 38.3 Å². The fourth-order valence-electron chi connectivity index (χ4n) is 3.70. The smallest absolute Gasteiger partial charge is 0.246 e. The van der Waals surface area contributed by atoms with Crippen LogP contribution in [-0.2, 0) is 9.53 Å². The Morgan fingerprint density at radius 3 is 3.00 bits per heavy atom. The molecule has 118 valence electrons. The van der Waals surface area contributed by atoms with Crippen molar-refractivity contribution in [3.8, 4) is 12.3 Å². The summed E-state index contributed by atoms with van der Waals surface area (Å²) in [5.41, 5.74) is 0. The average Bonchev–Trinajstić information content (AvgIpc) is 2.46. The third kappa shape index (κ3) is 4.44. The van der Waals surface area contributed by atoms with Gasteiger partial charge in [-0.1, -0.05) is 5.92 Å². The number of rotatable bonds is 7. The predicted molar refractivity (Wildman–Crippen MR) is 82.8 cm³/mol. The Morgan fingerprint density at radius 2 is 2.38 bits per heavy atom. The molecule has 4 unspecified atom stereocenters. The quantitative estimate of drug-likeness (QED) is 0.673. The maximum absolute atomic E-state index is 11.5. The number of terminal acetylenes is 1. The van der Waals surface area contributed by atoms with Gasteiger partial charge in [0.25, 0.3) is 0 Å². The third-order valence-corrected chi connectivity index (χ3v) is 4.73. The van der Waals surface area contributed by atoms with Gasteiger partial charge in [0.2, 0.25) is 5.91 Å². The number of ether oxygens (including phenoxy) is 1. The van der Waals surface area contributed by atoms with Crippen LogP contribution in [0.5, 0.6) is 0 Å². The SMILES string of the molecule is C#CCN(C)CC1CN2CCC1CC2CNC(=O)COC. The van der Waals surface area contributed by atoms with Gasteiger partial charge in [-0.2, -0.15) is 0 Å². The molecule has 0 radical (unpaired) electrons. The summed E-state index contributed by atoms with van der Waals surface area (Å²) in [5, 5.41) is 2.97. The van der Waals surface area contributed by atoms with Crippen molar-refractivity contribution in [1.29, 1.82) is 0 Å². The number of nitrogens with one attached hydrogen (secondary N) is 1. The minimum atomic E-state index is -0.0227. The zero-order valence-corrected chi connectivity index (χ0v) is 13.2. The summed E-state index contributed by atoms with van der Waals surface area (Å²) in [4.78, 5) is 16.3. The largest absolute Gasteiger partial charge is 0.375 e. The first kappa shape index (κ1) is 16.3. The van der Waals surface area contributed by atoms with Crippen LogP contribution in [0.25, 0.3) is 0 Å². The summed E-state index contributed by atoms with van der Waals surface area (Å²) in [5.74, 6) is 4.16. The van der Waals surface area contributed by atoms with Crippen molar-refractivity contribution in [3.05, 3.63) is 0 Å². The van der Waals surface area contributed by atoms with Gasteiger partial charge in [0.15, 0.2) is 0 Å². The summed E-state index contributed by atoms with van der Waals surface area (Å²) >= 11 is 0. The van der Waals surface area contributed by atoms with Crippen molar-refractivity contribution >= 4 is 5.91 Å². The molecule has 0 aromatic heterocycles. The van der Waals surface area contributed by atoms with E-state index in [0.29, 0.717) is 12.0 Å². The standard InChI is InChI=1S/C16H27N3O2/c1-4-6-18(2)10-14-11-19-7-5-13(14)8-15(19)9-17-16(20)12-21-3/h1,13-15H,5-12H2,2-3H3,(H,17,20). The number of hydrogen-bond acceptors (Lipinski definition) is 4. The molecule has 0 aromatic rings. The second-order valence-corrected chi connectivity index (χ2v) is 6.33. The van der Waals surface area contributed by atoms with Crippen molar-refractivity contribution in [3.63, 3.8) is 0 Å². The van der Waals surface area contributed by atoms with Gasteiger partial charge in [-0.3, -0.25) is 14.6 Å². The number of methoxy groups -OCH3 is 1. The molecule has 0 saturated carbocycles. The van der Waals surface area contributed by atoms with E-state index in [1.54, 1.807) is 7.11 Å². The van der Waals surface area contributed by atoms with Gasteiger partial charge in [-0.15, -0.1) is 6.42 Å². The number of fused-ring (bicyclic) bond motifs is 3. The molecule has 0 aliphatic carbocycles. The van der Waals surface area contributed by atoms with Gasteiger partial charge in [-0.25, -0.2) is 0 Å². The highest BCUT2D eigenvalue weighted by Crippen LogP contribution is 2.36. The molecule has 0 aromatic carbocycles. The summed E-state index contributed by atoms with van der Waals surface area (Å²) < 4.78 is 4.84. The summed E-state index contributed by atoms with van der Waals surface area (Å²) in [6.45, 7) is 4.98. The second kappa shape index (κ2) is 7.79. The highest BCUT2D eigenvalue weighted by Gasteiger charge is 2.40. The van der Waals surface area contributed by atoms with E-state index in [0.717, 1.165) is 38.6 Å². The summed E-state index contributed by atoms with van der Waals surface area (Å²) in [6.07, 6.45) is 7.83. The lowest BCUT2D eigenvalue weighted by Crippen LogP contribution is -2.58. The van der Waals surface area contributed by atoms with Crippen molar-refractivity contribution < 1.29 is 9.53 Å². The number of carbonyl (C=O) groups is 1. The first-order valence-corrected chi connectivity index (χ1v) is 7.75. The lowest BCUT2D eigenvalue weighted by molar-refractivity contribution is -0.125. The molecular weight excluding hydrogens is 266 g/mol. The van der Waals surface area contributed by atoms with Gasteiger partial charge in [0.05, 0.1) is 6.54 Å². The van der Waals surface area contributed by atoms with Crippen LogP contribution in [0.3, 0.4) is 0 Å². The lowest BCUT2D eigenvalue weighted by atomic mass is 9.75. The van der Waals surface area contributed by atoms with Crippen LogP contribution in [0.4, 0.5) is 0 Å². The van der Waals surface area contributed by atoms with E-state index in [-0.39, 0.29) is 12.5 Å². The van der Waals surface area contributed by atoms with Gasteiger partial charge in [0.1, 0.15) is 6.61 Å². The molecule has 3 saturated heterocycles. The summed E-state index contributed by atoms with van der Waals surface area (Å²) in [7, 11) is 3.64. The number of piperidine rings is 3. The van der Waals surface area contributed by atoms with Crippen molar-refractivity contribution in [1.82, 2.24) is 15.1 Å². The predicted octanol–water partition coefficient (Wildman–Crippen LogP) is 0.0244. The van der Waals surface area contributed by atoms with Crippen LogP contribution in [0, 0.1) is 24.2 Å². The maximum Gasteiger partial charge on any atom is 0.246 e. The van der Waals surface area contributed by atoms with E-state index in [4.69, 9.17) is 11.2 Å². The molecule has 5 nitrogen and oxygen atoms in total. The monoisotopic (exact) mass is 293 g/mol. The highest BCUT2D eigenvalue weighted by molar-refractivity contribution is 5.77. The van der Waals surface area contributed by atoms with Gasteiger partial charge in [0, 0.05) is 32.8 Å². The first-order valence-electron chi connectivity index (χ1n) is 7.75. The molecular formula is C16H27N3O2. The Kier molecular flexibility index (Phi) is 6.04. The van der Waals surface area contributed by atoms with E-state index < -0.39 is 0 Å². The van der Waals surface area contributed by atoms with Crippen LogP contribution >= 0.6 is 0 Å². The van der Waals surface area contributed by atoms with Crippen LogP contribution < -0.4 is 5.32 Å². The van der Waals surface area contributed by atoms with Gasteiger partial charge >= 0.3 is 0 Å². The van der Waals surface area contributed by atoms with Crippen molar-refractivity contribution in [2.75, 3.05) is 53.5 Å². The highest BCUT2D eigenvalue weighted by atomic mass is 16.5. The molecule has 0 spiro atoms. The Morgan fingerprint density at radius 1 is 1.57 bits per heavy atom. The Bertz CT molecular complexity index is 393. The van der Waals surface area contributed by atoms with Crippen LogP contribution in [0.15, 0.2) is 0 Å². The fourth-order valence-corrected chi connectivity index (χ4v) is 3.70. The molecule has 1 amide bonds. The Hall–Kier alpha value is -1.09. The van der Waals surface area contributed by atoms with Gasteiger partial charge < -0.3 is 10.1 Å². The normalized spacial score (nSPS) is 31.1. The molecule has 2 bridgehead atoms. The van der Waals surface area contributed by atoms with E-state index in [2.05, 4.69) is 28.1 Å². The Balaban J connectivity index is 1.79. The lowest BCUT2D eigenvalue weighted by Gasteiger charge is -2.50. The first-order chi connectivity index (χ1) is 10.1. The number of hydrogen-bond donors (Lipinski definition) is 1. The molecule has 4 atom stereocenters. The molecule has 3 aliphatic heterocycles. The molecule has 5 heteroatoms.